The molecule has 1 aromatic heterocycles. The van der Waals surface area contributed by atoms with Crippen LogP contribution in [0.25, 0.3) is 11.0 Å². The highest BCUT2D eigenvalue weighted by atomic mass is 32.1. The number of amides is 1. The number of aromatic amines is 2. The second-order valence-corrected chi connectivity index (χ2v) is 6.01. The van der Waals surface area contributed by atoms with Gasteiger partial charge in [-0.1, -0.05) is 12.1 Å². The van der Waals surface area contributed by atoms with Crippen molar-refractivity contribution >= 4 is 29.2 Å². The van der Waals surface area contributed by atoms with Crippen molar-refractivity contribution in [1.82, 2.24) is 15.3 Å². The quantitative estimate of drug-likeness (QED) is 0.572. The van der Waals surface area contributed by atoms with E-state index in [1.54, 1.807) is 19.1 Å². The van der Waals surface area contributed by atoms with E-state index in [9.17, 15) is 18.0 Å². The van der Waals surface area contributed by atoms with E-state index < -0.39 is 24.4 Å². The van der Waals surface area contributed by atoms with Crippen LogP contribution in [0.4, 0.5) is 13.2 Å². The zero-order valence-electron chi connectivity index (χ0n) is 13.5. The molecule has 1 atom stereocenters. The van der Waals surface area contributed by atoms with Crippen molar-refractivity contribution in [3.05, 3.63) is 58.1 Å². The third kappa shape index (κ3) is 3.88. The van der Waals surface area contributed by atoms with Crippen molar-refractivity contribution in [2.24, 2.45) is 0 Å². The van der Waals surface area contributed by atoms with Gasteiger partial charge < -0.3 is 20.0 Å². The summed E-state index contributed by atoms with van der Waals surface area (Å²) < 4.78 is 43.0. The van der Waals surface area contributed by atoms with Gasteiger partial charge in [-0.05, 0) is 49.0 Å². The third-order valence-corrected chi connectivity index (χ3v) is 3.97. The number of nitrogens with one attached hydrogen (secondary N) is 3. The van der Waals surface area contributed by atoms with Crippen molar-refractivity contribution in [3.63, 3.8) is 0 Å². The number of aromatic nitrogens is 2. The van der Waals surface area contributed by atoms with E-state index in [4.69, 9.17) is 12.2 Å². The fraction of sp³-hybridized carbons (Fsp3) is 0.176. The van der Waals surface area contributed by atoms with Crippen LogP contribution in [0.15, 0.2) is 36.4 Å². The lowest BCUT2D eigenvalue weighted by Gasteiger charge is -2.16. The standard InChI is InChI=1S/C17H14F3N3O2S/c1-8(9-3-2-4-11(5-9)25-16(19)20)21-15(24)12-6-10(18)7-13-14(12)23-17(26)22-13/h2-8,16H,1H3,(H,21,24)(H2,22,23,26). The van der Waals surface area contributed by atoms with Crippen molar-refractivity contribution in [2.45, 2.75) is 19.6 Å². The van der Waals surface area contributed by atoms with E-state index in [0.717, 1.165) is 6.07 Å². The number of hydrogen-bond donors (Lipinski definition) is 3. The van der Waals surface area contributed by atoms with Crippen LogP contribution in [0.1, 0.15) is 28.9 Å². The Balaban J connectivity index is 1.85. The molecule has 1 unspecified atom stereocenters. The molecule has 1 amide bonds. The maximum atomic E-state index is 13.8. The topological polar surface area (TPSA) is 69.9 Å². The molecule has 26 heavy (non-hydrogen) atoms. The van der Waals surface area contributed by atoms with Crippen LogP contribution < -0.4 is 10.1 Å². The van der Waals surface area contributed by atoms with Crippen LogP contribution >= 0.6 is 12.2 Å². The minimum Gasteiger partial charge on any atom is -0.435 e. The highest BCUT2D eigenvalue weighted by Gasteiger charge is 2.17. The Morgan fingerprint density at radius 2 is 2.00 bits per heavy atom. The van der Waals surface area contributed by atoms with Gasteiger partial charge in [-0.3, -0.25) is 4.79 Å². The molecule has 3 aromatic rings. The van der Waals surface area contributed by atoms with E-state index in [-0.39, 0.29) is 16.1 Å². The molecule has 136 valence electrons. The second-order valence-electron chi connectivity index (χ2n) is 5.60. The summed E-state index contributed by atoms with van der Waals surface area (Å²) in [5.41, 5.74) is 1.40. The minimum absolute atomic E-state index is 0.0125. The molecule has 0 saturated carbocycles. The van der Waals surface area contributed by atoms with Gasteiger partial charge in [-0.15, -0.1) is 0 Å². The summed E-state index contributed by atoms with van der Waals surface area (Å²) in [6.45, 7) is -1.26. The number of H-pyrrole nitrogens is 2. The zero-order valence-corrected chi connectivity index (χ0v) is 14.3. The van der Waals surface area contributed by atoms with Crippen LogP contribution in [0.5, 0.6) is 5.75 Å². The average Bonchev–Trinajstić information content (AvgIpc) is 2.93. The molecule has 2 aromatic carbocycles. The predicted molar refractivity (Wildman–Crippen MR) is 92.4 cm³/mol. The number of imidazole rings is 1. The molecule has 0 aliphatic carbocycles. The maximum Gasteiger partial charge on any atom is 0.387 e. The lowest BCUT2D eigenvalue weighted by Crippen LogP contribution is -2.27. The van der Waals surface area contributed by atoms with Gasteiger partial charge in [0.15, 0.2) is 4.77 Å². The summed E-state index contributed by atoms with van der Waals surface area (Å²) in [6, 6.07) is 7.80. The minimum atomic E-state index is -2.94. The van der Waals surface area contributed by atoms with E-state index >= 15 is 0 Å². The van der Waals surface area contributed by atoms with Crippen LogP contribution in [0, 0.1) is 10.6 Å². The average molecular weight is 381 g/mol. The van der Waals surface area contributed by atoms with Crippen LogP contribution in [0.2, 0.25) is 0 Å². The smallest absolute Gasteiger partial charge is 0.387 e. The Morgan fingerprint density at radius 3 is 2.73 bits per heavy atom. The van der Waals surface area contributed by atoms with E-state index in [1.807, 2.05) is 0 Å². The molecule has 3 N–H and O–H groups in total. The van der Waals surface area contributed by atoms with Crippen LogP contribution in [-0.2, 0) is 0 Å². The number of alkyl halides is 2. The third-order valence-electron chi connectivity index (χ3n) is 3.77. The molecule has 0 aliphatic rings. The first-order chi connectivity index (χ1) is 12.3. The highest BCUT2D eigenvalue weighted by Crippen LogP contribution is 2.22. The molecule has 0 saturated heterocycles. The second kappa shape index (κ2) is 7.20. The molecule has 0 aliphatic heterocycles. The molecule has 0 fully saturated rings. The molecule has 3 rings (SSSR count). The number of ether oxygens (including phenoxy) is 1. The van der Waals surface area contributed by atoms with Gasteiger partial charge >= 0.3 is 6.61 Å². The Morgan fingerprint density at radius 1 is 1.23 bits per heavy atom. The number of rotatable bonds is 5. The summed E-state index contributed by atoms with van der Waals surface area (Å²) in [4.78, 5) is 18.1. The normalized spacial score (nSPS) is 12.3. The summed E-state index contributed by atoms with van der Waals surface area (Å²) in [6.07, 6.45) is 0. The fourth-order valence-corrected chi connectivity index (χ4v) is 2.82. The van der Waals surface area contributed by atoms with E-state index in [2.05, 4.69) is 20.0 Å². The lowest BCUT2D eigenvalue weighted by molar-refractivity contribution is -0.0499. The Kier molecular flexibility index (Phi) is 4.99. The lowest BCUT2D eigenvalue weighted by atomic mass is 10.1. The number of benzene rings is 2. The molecule has 1 heterocycles. The monoisotopic (exact) mass is 381 g/mol. The van der Waals surface area contributed by atoms with Gasteiger partial charge in [0, 0.05) is 0 Å². The number of carbonyl (C=O) groups is 1. The number of hydrogen-bond acceptors (Lipinski definition) is 3. The molecule has 9 heteroatoms. The first kappa shape index (κ1) is 18.0. The largest absolute Gasteiger partial charge is 0.435 e. The SMILES string of the molecule is CC(NC(=O)c1cc(F)cc2[nH]c(=S)[nH]c12)c1cccc(OC(F)F)c1. The molecule has 0 radical (unpaired) electrons. The van der Waals surface area contributed by atoms with E-state index in [0.29, 0.717) is 16.6 Å². The van der Waals surface area contributed by atoms with Crippen molar-refractivity contribution < 1.29 is 22.7 Å². The summed E-state index contributed by atoms with van der Waals surface area (Å²) in [7, 11) is 0. The van der Waals surface area contributed by atoms with Gasteiger partial charge in [-0.2, -0.15) is 8.78 Å². The van der Waals surface area contributed by atoms with Crippen LogP contribution in [-0.4, -0.2) is 22.5 Å². The summed E-state index contributed by atoms with van der Waals surface area (Å²) in [5.74, 6) is -1.14. The zero-order chi connectivity index (χ0) is 18.8. The van der Waals surface area contributed by atoms with Crippen molar-refractivity contribution in [3.8, 4) is 5.75 Å². The van der Waals surface area contributed by atoms with Crippen LogP contribution in [0.3, 0.4) is 0 Å². The predicted octanol–water partition coefficient (Wildman–Crippen LogP) is 4.46. The molecule has 5 nitrogen and oxygen atoms in total. The van der Waals surface area contributed by atoms with E-state index in [1.165, 1.54) is 18.2 Å². The first-order valence-electron chi connectivity index (χ1n) is 7.60. The Bertz CT molecular complexity index is 1020. The molecular weight excluding hydrogens is 367 g/mol. The maximum absolute atomic E-state index is 13.8. The van der Waals surface area contributed by atoms with Gasteiger partial charge in [0.2, 0.25) is 0 Å². The van der Waals surface area contributed by atoms with Gasteiger partial charge in [0.1, 0.15) is 11.6 Å². The number of halogens is 3. The number of carbonyl (C=O) groups excluding carboxylic acids is 1. The Labute approximate surface area is 151 Å². The Hall–Kier alpha value is -2.81. The van der Waals surface area contributed by atoms with Crippen molar-refractivity contribution in [2.75, 3.05) is 0 Å². The highest BCUT2D eigenvalue weighted by molar-refractivity contribution is 7.71. The summed E-state index contributed by atoms with van der Waals surface area (Å²) >= 11 is 4.98. The summed E-state index contributed by atoms with van der Waals surface area (Å²) in [5, 5.41) is 2.71. The molecular formula is C17H14F3N3O2S. The number of fused-ring (bicyclic) bond motifs is 1. The van der Waals surface area contributed by atoms with Gasteiger partial charge in [0.05, 0.1) is 22.6 Å². The van der Waals surface area contributed by atoms with Crippen molar-refractivity contribution in [1.29, 1.82) is 0 Å². The fourth-order valence-electron chi connectivity index (χ4n) is 2.60. The van der Waals surface area contributed by atoms with Gasteiger partial charge in [-0.25, -0.2) is 4.39 Å². The van der Waals surface area contributed by atoms with Gasteiger partial charge in [0.25, 0.3) is 5.91 Å². The molecule has 0 spiro atoms. The molecule has 0 bridgehead atoms. The first-order valence-corrected chi connectivity index (χ1v) is 8.01.